The third kappa shape index (κ3) is 5.17. The number of hydrogen-bond donors (Lipinski definition) is 3. The highest BCUT2D eigenvalue weighted by Crippen LogP contribution is 2.62. The number of carbonyl (C=O) groups excluding carboxylic acids is 2. The Morgan fingerprint density at radius 3 is 2.63 bits per heavy atom. The molecule has 0 aliphatic heterocycles. The molecule has 6 rings (SSSR count). The van der Waals surface area contributed by atoms with Crippen molar-refractivity contribution < 1.29 is 19.1 Å². The first-order valence-corrected chi connectivity index (χ1v) is 13.9. The lowest BCUT2D eigenvalue weighted by Gasteiger charge is -2.57. The molecule has 4 aromatic rings. The zero-order valence-corrected chi connectivity index (χ0v) is 23.3. The minimum Gasteiger partial charge on any atom is -0.488 e. The van der Waals surface area contributed by atoms with Crippen LogP contribution >= 0.6 is 0 Å². The Morgan fingerprint density at radius 2 is 1.90 bits per heavy atom. The molecule has 1 amide bonds. The van der Waals surface area contributed by atoms with E-state index in [1.54, 1.807) is 49.8 Å². The summed E-state index contributed by atoms with van der Waals surface area (Å²) >= 11 is 0. The van der Waals surface area contributed by atoms with Crippen molar-refractivity contribution in [3.05, 3.63) is 70.4 Å². The van der Waals surface area contributed by atoms with Gasteiger partial charge < -0.3 is 20.5 Å². The molecule has 0 radical (unpaired) electrons. The number of carbonyl (C=O) groups is 2. The maximum Gasteiger partial charge on any atom is 0.323 e. The second kappa shape index (κ2) is 9.99. The van der Waals surface area contributed by atoms with Crippen molar-refractivity contribution in [2.24, 2.45) is 11.1 Å². The molecule has 214 valence electrons. The number of aromatic nitrogens is 4. The molecule has 11 heteroatoms. The topological polar surface area (TPSA) is 154 Å². The fourth-order valence-corrected chi connectivity index (χ4v) is 6.19. The van der Waals surface area contributed by atoms with Crippen molar-refractivity contribution in [1.82, 2.24) is 25.1 Å². The van der Waals surface area contributed by atoms with Gasteiger partial charge in [-0.3, -0.25) is 14.4 Å². The predicted octanol–water partition coefficient (Wildman–Crippen LogP) is 3.07. The Hall–Kier alpha value is -4.25. The summed E-state index contributed by atoms with van der Waals surface area (Å²) in [6.45, 7) is 5.20. The minimum absolute atomic E-state index is 0.113. The van der Waals surface area contributed by atoms with Gasteiger partial charge in [0.2, 0.25) is 0 Å². The summed E-state index contributed by atoms with van der Waals surface area (Å²) in [5, 5.41) is 16.1. The summed E-state index contributed by atoms with van der Waals surface area (Å²) in [5.74, 6) is 0.196. The number of pyridine rings is 1. The Kier molecular flexibility index (Phi) is 6.56. The van der Waals surface area contributed by atoms with Crippen molar-refractivity contribution in [3.63, 3.8) is 0 Å². The lowest BCUT2D eigenvalue weighted by molar-refractivity contribution is -0.160. The van der Waals surface area contributed by atoms with Gasteiger partial charge in [-0.2, -0.15) is 10.2 Å². The molecule has 2 aliphatic rings. The lowest BCUT2D eigenvalue weighted by atomic mass is 9.49. The van der Waals surface area contributed by atoms with Crippen molar-refractivity contribution in [1.29, 1.82) is 0 Å². The van der Waals surface area contributed by atoms with Crippen LogP contribution in [0.2, 0.25) is 0 Å². The van der Waals surface area contributed by atoms with E-state index in [-0.39, 0.29) is 29.5 Å². The lowest BCUT2D eigenvalue weighted by Crippen LogP contribution is -2.55. The van der Waals surface area contributed by atoms with Crippen LogP contribution in [0.5, 0.6) is 5.75 Å². The number of benzene rings is 1. The van der Waals surface area contributed by atoms with E-state index in [0.29, 0.717) is 28.1 Å². The maximum atomic E-state index is 13.1. The number of hydrogen-bond acceptors (Lipinski definition) is 8. The first-order valence-electron chi connectivity index (χ1n) is 13.9. The summed E-state index contributed by atoms with van der Waals surface area (Å²) < 4.78 is 12.8. The van der Waals surface area contributed by atoms with Gasteiger partial charge in [0.15, 0.2) is 0 Å². The van der Waals surface area contributed by atoms with E-state index in [2.05, 4.69) is 20.6 Å². The quantitative estimate of drug-likeness (QED) is 0.279. The van der Waals surface area contributed by atoms with Crippen LogP contribution in [-0.2, 0) is 9.53 Å². The summed E-state index contributed by atoms with van der Waals surface area (Å²) in [6.07, 6.45) is 7.11. The third-order valence-electron chi connectivity index (χ3n) is 8.23. The van der Waals surface area contributed by atoms with Crippen LogP contribution in [0, 0.1) is 5.41 Å². The second-order valence-corrected chi connectivity index (χ2v) is 12.2. The van der Waals surface area contributed by atoms with Gasteiger partial charge in [-0.05, 0) is 70.1 Å². The van der Waals surface area contributed by atoms with Gasteiger partial charge in [0.05, 0.1) is 34.6 Å². The van der Waals surface area contributed by atoms with E-state index < -0.39 is 17.6 Å². The highest BCUT2D eigenvalue weighted by molar-refractivity contribution is 6.00. The molecule has 2 aliphatic carbocycles. The van der Waals surface area contributed by atoms with Crippen LogP contribution in [-0.4, -0.2) is 56.0 Å². The largest absolute Gasteiger partial charge is 0.488 e. The SMILES string of the molecule is C[C@H](N)C(=O)OC(C)(C)COc1ccc2c(C(=O)NC3CC4(C3)CC(c3n[nH]c(=O)c5ccccc35)C4)cnn2c1. The van der Waals surface area contributed by atoms with E-state index in [1.807, 2.05) is 24.3 Å². The number of fused-ring (bicyclic) bond motifs is 2. The standard InChI is InChI=1S/C30H34N6O5/c1-17(31)28(39)41-29(2,3)16-40-20-8-9-24-23(14-32-36(24)15-20)26(37)33-19-12-30(13-19)10-18(11-30)25-21-6-4-5-7-22(21)27(38)35-34-25/h4-9,14-15,17-19H,10-13,16,31H2,1-3H3,(H,33,37)(H,35,38)/t17-,18?,19?,30?/m0/s1. The van der Waals surface area contributed by atoms with Gasteiger partial charge in [-0.15, -0.1) is 0 Å². The summed E-state index contributed by atoms with van der Waals surface area (Å²) in [5.41, 5.74) is 6.91. The monoisotopic (exact) mass is 558 g/mol. The van der Waals surface area contributed by atoms with Crippen LogP contribution in [0.1, 0.15) is 68.4 Å². The van der Waals surface area contributed by atoms with E-state index in [9.17, 15) is 14.4 Å². The molecule has 0 saturated heterocycles. The summed E-state index contributed by atoms with van der Waals surface area (Å²) in [4.78, 5) is 37.1. The van der Waals surface area contributed by atoms with Crippen LogP contribution in [0.15, 0.2) is 53.6 Å². The zero-order valence-electron chi connectivity index (χ0n) is 23.3. The average molecular weight is 559 g/mol. The highest BCUT2D eigenvalue weighted by Gasteiger charge is 2.54. The van der Waals surface area contributed by atoms with Gasteiger partial charge >= 0.3 is 5.97 Å². The van der Waals surface area contributed by atoms with Crippen LogP contribution < -0.4 is 21.3 Å². The third-order valence-corrected chi connectivity index (χ3v) is 8.23. The number of aromatic amines is 1. The molecule has 4 N–H and O–H groups in total. The molecule has 0 unspecified atom stereocenters. The molecular formula is C30H34N6O5. The zero-order chi connectivity index (χ0) is 28.9. The summed E-state index contributed by atoms with van der Waals surface area (Å²) in [7, 11) is 0. The minimum atomic E-state index is -0.861. The van der Waals surface area contributed by atoms with E-state index in [0.717, 1.165) is 36.8 Å². The maximum absolute atomic E-state index is 13.1. The fourth-order valence-electron chi connectivity index (χ4n) is 6.19. The van der Waals surface area contributed by atoms with E-state index in [1.165, 1.54) is 0 Å². The number of nitrogens with one attached hydrogen (secondary N) is 2. The van der Waals surface area contributed by atoms with E-state index in [4.69, 9.17) is 15.2 Å². The van der Waals surface area contributed by atoms with Gasteiger partial charge in [0, 0.05) is 17.3 Å². The first kappa shape index (κ1) is 26.9. The molecule has 2 saturated carbocycles. The molecule has 3 aromatic heterocycles. The molecule has 41 heavy (non-hydrogen) atoms. The van der Waals surface area contributed by atoms with Crippen molar-refractivity contribution in [2.45, 2.75) is 70.1 Å². The Bertz CT molecular complexity index is 1690. The Balaban J connectivity index is 1.03. The van der Waals surface area contributed by atoms with E-state index >= 15 is 0 Å². The molecule has 1 atom stereocenters. The number of H-pyrrole nitrogens is 1. The van der Waals surface area contributed by atoms with Crippen molar-refractivity contribution in [2.75, 3.05) is 6.61 Å². The van der Waals surface area contributed by atoms with Crippen molar-refractivity contribution >= 4 is 28.2 Å². The number of esters is 1. The molecule has 1 spiro atoms. The van der Waals surface area contributed by atoms with Crippen LogP contribution in [0.25, 0.3) is 16.3 Å². The molecule has 1 aromatic carbocycles. The number of rotatable bonds is 8. The number of ether oxygens (including phenoxy) is 2. The summed E-state index contributed by atoms with van der Waals surface area (Å²) in [6, 6.07) is 10.6. The average Bonchev–Trinajstić information content (AvgIpc) is 3.32. The van der Waals surface area contributed by atoms with Gasteiger partial charge in [-0.1, -0.05) is 18.2 Å². The normalized spacial score (nSPS) is 22.6. The van der Waals surface area contributed by atoms with Gasteiger partial charge in [0.25, 0.3) is 11.5 Å². The smallest absolute Gasteiger partial charge is 0.323 e. The number of amides is 1. The van der Waals surface area contributed by atoms with Crippen molar-refractivity contribution in [3.8, 4) is 5.75 Å². The molecule has 3 heterocycles. The fraction of sp³-hybridized carbons (Fsp3) is 0.433. The molecule has 2 fully saturated rings. The molecule has 0 bridgehead atoms. The molecular weight excluding hydrogens is 524 g/mol. The molecule has 11 nitrogen and oxygen atoms in total. The number of nitrogens with two attached hydrogens (primary N) is 1. The Labute approximate surface area is 236 Å². The Morgan fingerprint density at radius 1 is 1.17 bits per heavy atom. The van der Waals surface area contributed by atoms with Gasteiger partial charge in [0.1, 0.15) is 24.0 Å². The van der Waals surface area contributed by atoms with Gasteiger partial charge in [-0.25, -0.2) is 9.61 Å². The van der Waals surface area contributed by atoms with Crippen LogP contribution in [0.4, 0.5) is 0 Å². The predicted molar refractivity (Wildman–Crippen MR) is 152 cm³/mol. The first-order chi connectivity index (χ1) is 19.5. The second-order valence-electron chi connectivity index (χ2n) is 12.2. The van der Waals surface area contributed by atoms with Crippen LogP contribution in [0.3, 0.4) is 0 Å². The number of nitrogens with zero attached hydrogens (tertiary/aromatic N) is 3. The highest BCUT2D eigenvalue weighted by atomic mass is 16.6.